The van der Waals surface area contributed by atoms with Crippen LogP contribution in [0.4, 0.5) is 0 Å². The van der Waals surface area contributed by atoms with Crippen molar-refractivity contribution in [1.82, 2.24) is 10.2 Å². The summed E-state index contributed by atoms with van der Waals surface area (Å²) in [5.74, 6) is -0.0183. The average Bonchev–Trinajstić information content (AvgIpc) is 2.71. The molecular weight excluding hydrogens is 408 g/mol. The van der Waals surface area contributed by atoms with Gasteiger partial charge < -0.3 is 15.0 Å². The van der Waals surface area contributed by atoms with Crippen LogP contribution >= 0.6 is 15.9 Å². The highest BCUT2D eigenvalue weighted by Gasteiger charge is 2.24. The minimum Gasteiger partial charge on any atom is -0.370 e. The lowest BCUT2D eigenvalue weighted by atomic mass is 10.1. The van der Waals surface area contributed by atoms with Gasteiger partial charge in [-0.1, -0.05) is 52.3 Å². The third-order valence-corrected chi connectivity index (χ3v) is 5.02. The molecule has 27 heavy (non-hydrogen) atoms. The molecule has 0 saturated carbocycles. The molecule has 2 aromatic carbocycles. The highest BCUT2D eigenvalue weighted by molar-refractivity contribution is 9.10. The van der Waals surface area contributed by atoms with Gasteiger partial charge >= 0.3 is 0 Å². The van der Waals surface area contributed by atoms with Crippen LogP contribution in [0.15, 0.2) is 59.1 Å². The summed E-state index contributed by atoms with van der Waals surface area (Å²) in [4.78, 5) is 26.4. The van der Waals surface area contributed by atoms with Crippen LogP contribution in [-0.4, -0.2) is 43.0 Å². The highest BCUT2D eigenvalue weighted by Crippen LogP contribution is 2.22. The number of carbonyl (C=O) groups is 2. The Labute approximate surface area is 167 Å². The van der Waals surface area contributed by atoms with Gasteiger partial charge in [-0.05, 0) is 30.2 Å². The molecule has 5 nitrogen and oxygen atoms in total. The first-order chi connectivity index (χ1) is 13.1. The summed E-state index contributed by atoms with van der Waals surface area (Å²) in [7, 11) is 0. The summed E-state index contributed by atoms with van der Waals surface area (Å²) in [6.07, 6.45) is 0.965. The number of ether oxygens (including phenoxy) is 1. The molecule has 3 rings (SSSR count). The van der Waals surface area contributed by atoms with Gasteiger partial charge in [0.15, 0.2) is 0 Å². The second-order valence-corrected chi connectivity index (χ2v) is 7.40. The van der Waals surface area contributed by atoms with E-state index < -0.39 is 0 Å². The fraction of sp³-hybridized carbons (Fsp3) is 0.333. The van der Waals surface area contributed by atoms with Gasteiger partial charge in [0.05, 0.1) is 13.2 Å². The van der Waals surface area contributed by atoms with Crippen LogP contribution in [0.1, 0.15) is 34.9 Å². The SMILES string of the molecule is O=C(NCCCC(=O)N1CCOC(c2ccccc2)C1)c1cccc(Br)c1. The van der Waals surface area contributed by atoms with Gasteiger partial charge in [-0.25, -0.2) is 0 Å². The fourth-order valence-electron chi connectivity index (χ4n) is 3.08. The van der Waals surface area contributed by atoms with Crippen LogP contribution in [0, 0.1) is 0 Å². The Bertz CT molecular complexity index is 782. The van der Waals surface area contributed by atoms with Crippen molar-refractivity contribution in [3.8, 4) is 0 Å². The van der Waals surface area contributed by atoms with E-state index in [9.17, 15) is 9.59 Å². The number of carbonyl (C=O) groups excluding carboxylic acids is 2. The Kier molecular flexibility index (Phi) is 7.01. The van der Waals surface area contributed by atoms with E-state index in [-0.39, 0.29) is 17.9 Å². The lowest BCUT2D eigenvalue weighted by Gasteiger charge is -2.33. The first kappa shape index (κ1) is 19.6. The summed E-state index contributed by atoms with van der Waals surface area (Å²) >= 11 is 3.36. The van der Waals surface area contributed by atoms with Crippen LogP contribution in [0.2, 0.25) is 0 Å². The van der Waals surface area contributed by atoms with Crippen LogP contribution in [-0.2, 0) is 9.53 Å². The fourth-order valence-corrected chi connectivity index (χ4v) is 3.48. The smallest absolute Gasteiger partial charge is 0.251 e. The Hall–Kier alpha value is -2.18. The molecule has 0 spiro atoms. The Morgan fingerprint density at radius 3 is 2.74 bits per heavy atom. The quantitative estimate of drug-likeness (QED) is 0.712. The predicted octanol–water partition coefficient (Wildman–Crippen LogP) is 3.56. The van der Waals surface area contributed by atoms with Crippen molar-refractivity contribution in [2.45, 2.75) is 18.9 Å². The molecule has 0 aliphatic carbocycles. The monoisotopic (exact) mass is 430 g/mol. The van der Waals surface area contributed by atoms with E-state index in [1.165, 1.54) is 0 Å². The summed E-state index contributed by atoms with van der Waals surface area (Å²) in [6, 6.07) is 17.2. The van der Waals surface area contributed by atoms with Gasteiger partial charge in [0.25, 0.3) is 5.91 Å². The molecular formula is C21H23BrN2O3. The van der Waals surface area contributed by atoms with Crippen molar-refractivity contribution in [1.29, 1.82) is 0 Å². The molecule has 0 aromatic heterocycles. The minimum absolute atomic E-state index is 0.0693. The first-order valence-electron chi connectivity index (χ1n) is 9.11. The second-order valence-electron chi connectivity index (χ2n) is 6.48. The van der Waals surface area contributed by atoms with E-state index >= 15 is 0 Å². The summed E-state index contributed by atoms with van der Waals surface area (Å²) in [6.45, 7) is 2.22. The number of amides is 2. The maximum Gasteiger partial charge on any atom is 0.251 e. The molecule has 0 bridgehead atoms. The van der Waals surface area contributed by atoms with Crippen molar-refractivity contribution >= 4 is 27.7 Å². The van der Waals surface area contributed by atoms with E-state index in [0.717, 1.165) is 10.0 Å². The third-order valence-electron chi connectivity index (χ3n) is 4.53. The summed E-state index contributed by atoms with van der Waals surface area (Å²) < 4.78 is 6.67. The zero-order valence-corrected chi connectivity index (χ0v) is 16.7. The Balaban J connectivity index is 1.42. The van der Waals surface area contributed by atoms with E-state index in [4.69, 9.17) is 4.74 Å². The molecule has 1 fully saturated rings. The van der Waals surface area contributed by atoms with Gasteiger partial charge in [-0.2, -0.15) is 0 Å². The molecule has 1 N–H and O–H groups in total. The summed E-state index contributed by atoms with van der Waals surface area (Å²) in [5, 5.41) is 2.86. The van der Waals surface area contributed by atoms with E-state index in [1.54, 1.807) is 12.1 Å². The van der Waals surface area contributed by atoms with Crippen molar-refractivity contribution in [3.63, 3.8) is 0 Å². The number of nitrogens with zero attached hydrogens (tertiary/aromatic N) is 1. The molecule has 2 aromatic rings. The molecule has 1 atom stereocenters. The number of nitrogens with one attached hydrogen (secondary N) is 1. The Morgan fingerprint density at radius 1 is 1.15 bits per heavy atom. The van der Waals surface area contributed by atoms with Gasteiger partial charge in [0.2, 0.25) is 5.91 Å². The average molecular weight is 431 g/mol. The molecule has 1 unspecified atom stereocenters. The third kappa shape index (κ3) is 5.65. The molecule has 1 saturated heterocycles. The van der Waals surface area contributed by atoms with Crippen molar-refractivity contribution in [3.05, 3.63) is 70.2 Å². The molecule has 1 aliphatic heterocycles. The Morgan fingerprint density at radius 2 is 1.96 bits per heavy atom. The molecule has 1 heterocycles. The molecule has 1 aliphatic rings. The zero-order valence-electron chi connectivity index (χ0n) is 15.1. The number of hydrogen-bond acceptors (Lipinski definition) is 3. The number of benzene rings is 2. The van der Waals surface area contributed by atoms with E-state index in [1.807, 2.05) is 47.4 Å². The second kappa shape index (κ2) is 9.67. The van der Waals surface area contributed by atoms with Crippen molar-refractivity contribution in [2.24, 2.45) is 0 Å². The van der Waals surface area contributed by atoms with Gasteiger partial charge in [0, 0.05) is 29.5 Å². The largest absolute Gasteiger partial charge is 0.370 e. The minimum atomic E-state index is -0.126. The molecule has 2 amide bonds. The standard InChI is InChI=1S/C21H23BrN2O3/c22-18-9-4-8-17(14-18)21(26)23-11-5-10-20(25)24-12-13-27-19(15-24)16-6-2-1-3-7-16/h1-4,6-9,14,19H,5,10-13,15H2,(H,23,26). The van der Waals surface area contributed by atoms with Gasteiger partial charge in [0.1, 0.15) is 6.10 Å². The summed E-state index contributed by atoms with van der Waals surface area (Å²) in [5.41, 5.74) is 1.70. The maximum atomic E-state index is 12.5. The predicted molar refractivity (Wildman–Crippen MR) is 107 cm³/mol. The van der Waals surface area contributed by atoms with Crippen molar-refractivity contribution < 1.29 is 14.3 Å². The molecule has 142 valence electrons. The van der Waals surface area contributed by atoms with Gasteiger partial charge in [-0.15, -0.1) is 0 Å². The highest BCUT2D eigenvalue weighted by atomic mass is 79.9. The number of rotatable bonds is 6. The molecule has 0 radical (unpaired) electrons. The van der Waals surface area contributed by atoms with E-state index in [2.05, 4.69) is 21.2 Å². The van der Waals surface area contributed by atoms with Crippen molar-refractivity contribution in [2.75, 3.05) is 26.2 Å². The van der Waals surface area contributed by atoms with Crippen LogP contribution in [0.3, 0.4) is 0 Å². The number of hydrogen-bond donors (Lipinski definition) is 1. The zero-order chi connectivity index (χ0) is 19.1. The van der Waals surface area contributed by atoms with Crippen LogP contribution in [0.25, 0.3) is 0 Å². The lowest BCUT2D eigenvalue weighted by molar-refractivity contribution is -0.139. The van der Waals surface area contributed by atoms with Gasteiger partial charge in [-0.3, -0.25) is 9.59 Å². The lowest BCUT2D eigenvalue weighted by Crippen LogP contribution is -2.42. The number of morpholine rings is 1. The van der Waals surface area contributed by atoms with E-state index in [0.29, 0.717) is 44.6 Å². The first-order valence-corrected chi connectivity index (χ1v) is 9.91. The normalized spacial score (nSPS) is 16.8. The number of halogens is 1. The molecule has 6 heteroatoms. The maximum absolute atomic E-state index is 12.5. The topological polar surface area (TPSA) is 58.6 Å². The van der Waals surface area contributed by atoms with Crippen LogP contribution < -0.4 is 5.32 Å². The van der Waals surface area contributed by atoms with Crippen LogP contribution in [0.5, 0.6) is 0 Å².